The number of amides is 1. The summed E-state index contributed by atoms with van der Waals surface area (Å²) in [7, 11) is 4.06. The maximum absolute atomic E-state index is 14.0. The van der Waals surface area contributed by atoms with Crippen molar-refractivity contribution in [3.05, 3.63) is 76.6 Å². The Labute approximate surface area is 241 Å². The molecule has 0 radical (unpaired) electrons. The van der Waals surface area contributed by atoms with Crippen LogP contribution in [0.2, 0.25) is 0 Å². The van der Waals surface area contributed by atoms with Crippen LogP contribution < -0.4 is 10.6 Å². The fraction of sp³-hybridized carbons (Fsp3) is 0.452. The van der Waals surface area contributed by atoms with Crippen molar-refractivity contribution >= 4 is 23.6 Å². The third-order valence-corrected chi connectivity index (χ3v) is 7.59. The molecule has 4 rings (SSSR count). The highest BCUT2D eigenvalue weighted by Crippen LogP contribution is 2.27. The number of benzene rings is 2. The first kappa shape index (κ1) is 30.3. The molecule has 1 amide bonds. The summed E-state index contributed by atoms with van der Waals surface area (Å²) in [6.45, 7) is 10.9. The minimum Gasteiger partial charge on any atom is -0.379 e. The lowest BCUT2D eigenvalue weighted by atomic mass is 10.0. The first-order valence-corrected chi connectivity index (χ1v) is 14.2. The molecule has 10 heteroatoms. The van der Waals surface area contributed by atoms with Gasteiger partial charge in [0.15, 0.2) is 0 Å². The number of rotatable bonds is 9. The van der Waals surface area contributed by atoms with E-state index in [2.05, 4.69) is 44.3 Å². The molecule has 2 N–H and O–H groups in total. The molecular weight excluding hydrogens is 524 g/mol. The zero-order valence-corrected chi connectivity index (χ0v) is 24.6. The van der Waals surface area contributed by atoms with Crippen LogP contribution in [0.4, 0.5) is 14.5 Å². The predicted octanol–water partition coefficient (Wildman–Crippen LogP) is 4.94. The summed E-state index contributed by atoms with van der Waals surface area (Å²) in [6, 6.07) is 11.9. The van der Waals surface area contributed by atoms with Crippen LogP contribution in [0.25, 0.3) is 0 Å². The van der Waals surface area contributed by atoms with E-state index in [4.69, 9.17) is 4.99 Å². The number of amidine groups is 1. The Morgan fingerprint density at radius 1 is 1.17 bits per heavy atom. The lowest BCUT2D eigenvalue weighted by Gasteiger charge is -2.32. The molecule has 0 saturated carbocycles. The first-order chi connectivity index (χ1) is 19.6. The van der Waals surface area contributed by atoms with Crippen LogP contribution in [0, 0.1) is 0 Å². The number of piperazine rings is 1. The average molecular weight is 566 g/mol. The highest BCUT2D eigenvalue weighted by atomic mass is 19.3. The van der Waals surface area contributed by atoms with Crippen molar-refractivity contribution in [1.82, 2.24) is 20.0 Å². The molecule has 41 heavy (non-hydrogen) atoms. The zero-order chi connectivity index (χ0) is 29.5. The van der Waals surface area contributed by atoms with Crippen LogP contribution in [-0.4, -0.2) is 85.5 Å². The van der Waals surface area contributed by atoms with Gasteiger partial charge in [-0.3, -0.25) is 19.7 Å². The third kappa shape index (κ3) is 8.20. The normalized spacial score (nSPS) is 19.8. The van der Waals surface area contributed by atoms with Gasteiger partial charge in [0.05, 0.1) is 24.0 Å². The molecule has 2 aliphatic rings. The average Bonchev–Trinajstić information content (AvgIpc) is 2.95. The minimum atomic E-state index is -2.66. The van der Waals surface area contributed by atoms with Gasteiger partial charge in [0.1, 0.15) is 5.84 Å². The van der Waals surface area contributed by atoms with Crippen LogP contribution in [0.3, 0.4) is 0 Å². The summed E-state index contributed by atoms with van der Waals surface area (Å²) < 4.78 is 28.0. The number of carbonyl (C=O) groups excluding carboxylic acids is 1. The second-order valence-corrected chi connectivity index (χ2v) is 10.8. The van der Waals surface area contributed by atoms with Gasteiger partial charge in [0.25, 0.3) is 12.3 Å². The molecule has 2 aromatic carbocycles. The number of hydrogen-bond donors (Lipinski definition) is 2. The smallest absolute Gasteiger partial charge is 0.264 e. The van der Waals surface area contributed by atoms with Crippen LogP contribution in [0.15, 0.2) is 64.3 Å². The van der Waals surface area contributed by atoms with Gasteiger partial charge in [-0.15, -0.1) is 0 Å². The van der Waals surface area contributed by atoms with Crippen LogP contribution in [-0.2, 0) is 6.54 Å². The lowest BCUT2D eigenvalue weighted by molar-refractivity contribution is 0.102. The van der Waals surface area contributed by atoms with Crippen molar-refractivity contribution in [1.29, 1.82) is 0 Å². The number of nitrogens with one attached hydrogen (secondary N) is 2. The Hall–Kier alpha value is -3.63. The number of nitrogens with zero attached hydrogens (tertiary/aromatic N) is 5. The monoisotopic (exact) mass is 565 g/mol. The topological polar surface area (TPSA) is 75.6 Å². The van der Waals surface area contributed by atoms with Gasteiger partial charge < -0.3 is 20.4 Å². The van der Waals surface area contributed by atoms with E-state index in [9.17, 15) is 13.6 Å². The highest BCUT2D eigenvalue weighted by molar-refractivity contribution is 6.30. The number of aliphatic imine (C=N–C) groups is 2. The van der Waals surface area contributed by atoms with Gasteiger partial charge in [-0.2, -0.15) is 0 Å². The Balaban J connectivity index is 1.40. The molecule has 0 spiro atoms. The van der Waals surface area contributed by atoms with Gasteiger partial charge in [-0.25, -0.2) is 8.78 Å². The van der Waals surface area contributed by atoms with E-state index in [1.165, 1.54) is 6.07 Å². The van der Waals surface area contributed by atoms with Gasteiger partial charge in [0, 0.05) is 69.3 Å². The van der Waals surface area contributed by atoms with Crippen molar-refractivity contribution in [2.45, 2.75) is 45.8 Å². The molecule has 220 valence electrons. The second-order valence-electron chi connectivity index (χ2n) is 10.8. The molecule has 1 fully saturated rings. The lowest BCUT2D eigenvalue weighted by Crippen LogP contribution is -2.44. The van der Waals surface area contributed by atoms with Crippen molar-refractivity contribution in [3.8, 4) is 0 Å². The summed E-state index contributed by atoms with van der Waals surface area (Å²) in [5.41, 5.74) is 3.10. The predicted molar refractivity (Wildman–Crippen MR) is 162 cm³/mol. The van der Waals surface area contributed by atoms with Crippen molar-refractivity contribution < 1.29 is 13.6 Å². The summed E-state index contributed by atoms with van der Waals surface area (Å²) in [4.78, 5) is 28.8. The summed E-state index contributed by atoms with van der Waals surface area (Å²) >= 11 is 0. The van der Waals surface area contributed by atoms with Crippen molar-refractivity contribution in [3.63, 3.8) is 0 Å². The SMILES string of the molecule is CCN(C)/C=C1/N=CC(N[C@@H](C)c2cccc(NC(=O)c3ccc(CN4CCN(C)CC4)c(C(F)F)c3)c2)=NC1C. The van der Waals surface area contributed by atoms with E-state index in [0.717, 1.165) is 44.0 Å². The summed E-state index contributed by atoms with van der Waals surface area (Å²) in [6.07, 6.45) is 1.07. The molecule has 1 unspecified atom stereocenters. The molecule has 0 bridgehead atoms. The van der Waals surface area contributed by atoms with Crippen LogP contribution >= 0.6 is 0 Å². The molecule has 8 nitrogen and oxygen atoms in total. The van der Waals surface area contributed by atoms with Gasteiger partial charge in [-0.05, 0) is 63.2 Å². The Morgan fingerprint density at radius 2 is 1.93 bits per heavy atom. The molecule has 2 aromatic rings. The number of alkyl halides is 2. The van der Waals surface area contributed by atoms with E-state index in [0.29, 0.717) is 23.6 Å². The minimum absolute atomic E-state index is 0.0691. The van der Waals surface area contributed by atoms with Gasteiger partial charge >= 0.3 is 0 Å². The molecule has 2 aliphatic heterocycles. The fourth-order valence-corrected chi connectivity index (χ4v) is 4.81. The molecule has 1 saturated heterocycles. The maximum atomic E-state index is 14.0. The maximum Gasteiger partial charge on any atom is 0.264 e. The second kappa shape index (κ2) is 13.8. The van der Waals surface area contributed by atoms with Gasteiger partial charge in [0.2, 0.25) is 0 Å². The first-order valence-electron chi connectivity index (χ1n) is 14.2. The van der Waals surface area contributed by atoms with E-state index < -0.39 is 12.3 Å². The molecular formula is C31H41F2N7O. The van der Waals surface area contributed by atoms with Crippen molar-refractivity contribution in [2.24, 2.45) is 9.98 Å². The fourth-order valence-electron chi connectivity index (χ4n) is 4.81. The number of hydrogen-bond acceptors (Lipinski definition) is 7. The molecule has 0 aromatic heterocycles. The van der Waals surface area contributed by atoms with E-state index in [1.807, 2.05) is 45.3 Å². The molecule has 0 aliphatic carbocycles. The Kier molecular flexibility index (Phi) is 10.2. The Bertz CT molecular complexity index is 1300. The zero-order valence-electron chi connectivity index (χ0n) is 24.6. The number of carbonyl (C=O) groups is 1. The third-order valence-electron chi connectivity index (χ3n) is 7.59. The Morgan fingerprint density at radius 3 is 2.61 bits per heavy atom. The summed E-state index contributed by atoms with van der Waals surface area (Å²) in [5, 5.41) is 6.25. The van der Waals surface area contributed by atoms with E-state index in [-0.39, 0.29) is 23.2 Å². The van der Waals surface area contributed by atoms with Crippen LogP contribution in [0.5, 0.6) is 0 Å². The van der Waals surface area contributed by atoms with Crippen LogP contribution in [0.1, 0.15) is 60.3 Å². The number of likely N-dealkylation sites (N-methyl/N-ethyl adjacent to an activating group) is 1. The van der Waals surface area contributed by atoms with E-state index in [1.54, 1.807) is 24.4 Å². The number of halogens is 2. The molecule has 2 heterocycles. The van der Waals surface area contributed by atoms with Gasteiger partial charge in [-0.1, -0.05) is 18.2 Å². The summed E-state index contributed by atoms with van der Waals surface area (Å²) in [5.74, 6) is 0.261. The standard InChI is InChI=1S/C31H41F2N7O/c1-6-38(4)20-28-22(3)36-29(18-34-28)35-21(2)23-8-7-9-26(16-23)37-31(41)24-10-11-25(27(17-24)30(32)33)19-40-14-12-39(5)13-15-40/h7-11,16-18,20-22,30H,6,12-15,19H2,1-5H3,(H,35,36)(H,37,41)/b28-20+/t21-,22?/m0/s1. The molecule has 2 atom stereocenters. The number of anilines is 1. The largest absolute Gasteiger partial charge is 0.379 e. The highest BCUT2D eigenvalue weighted by Gasteiger charge is 2.21. The van der Waals surface area contributed by atoms with Crippen molar-refractivity contribution in [2.75, 3.05) is 52.1 Å². The van der Waals surface area contributed by atoms with E-state index >= 15 is 0 Å². The quantitative estimate of drug-likeness (QED) is 0.451.